The van der Waals surface area contributed by atoms with Gasteiger partial charge in [-0.05, 0) is 18.8 Å². The number of carbonyl (C=O) groups excluding carboxylic acids is 1. The van der Waals surface area contributed by atoms with E-state index in [1.807, 2.05) is 0 Å². The molecule has 0 saturated heterocycles. The predicted molar refractivity (Wildman–Crippen MR) is 44.1 cm³/mol. The number of rotatable bonds is 3. The summed E-state index contributed by atoms with van der Waals surface area (Å²) in [7, 11) is 0. The first kappa shape index (κ1) is 12.1. The van der Waals surface area contributed by atoms with Gasteiger partial charge in [-0.15, -0.1) is 0 Å². The fraction of sp³-hybridized carbons (Fsp3) is 0.875. The Hall–Kier alpha value is -0.980. The van der Waals surface area contributed by atoms with Gasteiger partial charge in [0.05, 0.1) is 6.10 Å². The minimum atomic E-state index is -4.50. The van der Waals surface area contributed by atoms with E-state index in [9.17, 15) is 18.0 Å². The van der Waals surface area contributed by atoms with Crippen LogP contribution in [0, 0.1) is 5.92 Å². The van der Waals surface area contributed by atoms with Gasteiger partial charge >= 0.3 is 12.3 Å². The summed E-state index contributed by atoms with van der Waals surface area (Å²) in [4.78, 5) is 10.7. The normalized spacial score (nSPS) is 25.6. The molecule has 0 bridgehead atoms. The molecular weight excluding hydrogens is 215 g/mol. The molecule has 1 aliphatic rings. The Balaban J connectivity index is 2.04. The zero-order chi connectivity index (χ0) is 11.5. The zero-order valence-electron chi connectivity index (χ0n) is 7.88. The van der Waals surface area contributed by atoms with E-state index in [-0.39, 0.29) is 18.6 Å². The predicted octanol–water partition coefficient (Wildman–Crippen LogP) is 1.05. The number of aliphatic hydroxyl groups is 1. The van der Waals surface area contributed by atoms with Crippen molar-refractivity contribution in [1.82, 2.24) is 5.32 Å². The lowest BCUT2D eigenvalue weighted by atomic mass is 9.82. The Morgan fingerprint density at radius 1 is 1.47 bits per heavy atom. The van der Waals surface area contributed by atoms with E-state index in [0.29, 0.717) is 12.8 Å². The molecule has 7 heteroatoms. The monoisotopic (exact) mass is 227 g/mol. The maximum atomic E-state index is 11.6. The van der Waals surface area contributed by atoms with Crippen LogP contribution in [-0.4, -0.2) is 36.6 Å². The summed E-state index contributed by atoms with van der Waals surface area (Å²) in [5.41, 5.74) is 0. The molecule has 0 unspecified atom stereocenters. The summed E-state index contributed by atoms with van der Waals surface area (Å²) >= 11 is 0. The lowest BCUT2D eigenvalue weighted by molar-refractivity contribution is -0.160. The van der Waals surface area contributed by atoms with Crippen LogP contribution in [0.25, 0.3) is 0 Å². The van der Waals surface area contributed by atoms with Gasteiger partial charge in [-0.25, -0.2) is 4.79 Å². The van der Waals surface area contributed by atoms with Crippen LogP contribution < -0.4 is 5.32 Å². The maximum absolute atomic E-state index is 11.6. The second-order valence-corrected chi connectivity index (χ2v) is 3.56. The molecule has 0 heterocycles. The second kappa shape index (κ2) is 4.69. The smallest absolute Gasteiger partial charge is 0.422 e. The maximum Gasteiger partial charge on any atom is 0.422 e. The summed E-state index contributed by atoms with van der Waals surface area (Å²) in [6.07, 6.45) is -4.78. The first-order valence-corrected chi connectivity index (χ1v) is 4.52. The second-order valence-electron chi connectivity index (χ2n) is 3.56. The molecule has 0 atom stereocenters. The quantitative estimate of drug-likeness (QED) is 0.757. The number of halogens is 3. The fourth-order valence-electron chi connectivity index (χ4n) is 1.29. The third-order valence-electron chi connectivity index (χ3n) is 2.11. The highest BCUT2D eigenvalue weighted by Gasteiger charge is 2.30. The fourth-order valence-corrected chi connectivity index (χ4v) is 1.29. The SMILES string of the molecule is O=C(NCC1CC(O)C1)OCC(F)(F)F. The van der Waals surface area contributed by atoms with Crippen LogP contribution in [0.2, 0.25) is 0 Å². The molecule has 88 valence electrons. The van der Waals surface area contributed by atoms with Crippen molar-refractivity contribution in [3.8, 4) is 0 Å². The number of aliphatic hydroxyl groups excluding tert-OH is 1. The van der Waals surface area contributed by atoms with Gasteiger partial charge < -0.3 is 15.2 Å². The highest BCUT2D eigenvalue weighted by atomic mass is 19.4. The third kappa shape index (κ3) is 4.87. The number of alkyl halides is 3. The molecule has 0 aromatic rings. The van der Waals surface area contributed by atoms with Gasteiger partial charge in [-0.1, -0.05) is 0 Å². The lowest BCUT2D eigenvalue weighted by Gasteiger charge is -2.31. The lowest BCUT2D eigenvalue weighted by Crippen LogP contribution is -2.39. The summed E-state index contributed by atoms with van der Waals surface area (Å²) in [6, 6.07) is 0. The number of amides is 1. The molecule has 15 heavy (non-hydrogen) atoms. The number of carbonyl (C=O) groups is 1. The van der Waals surface area contributed by atoms with E-state index in [0.717, 1.165) is 0 Å². The van der Waals surface area contributed by atoms with Crippen LogP contribution in [0.15, 0.2) is 0 Å². The van der Waals surface area contributed by atoms with Gasteiger partial charge in [-0.3, -0.25) is 0 Å². The average molecular weight is 227 g/mol. The van der Waals surface area contributed by atoms with E-state index in [1.165, 1.54) is 0 Å². The average Bonchev–Trinajstić information content (AvgIpc) is 2.06. The van der Waals surface area contributed by atoms with Crippen molar-refractivity contribution in [1.29, 1.82) is 0 Å². The van der Waals surface area contributed by atoms with Crippen LogP contribution in [0.5, 0.6) is 0 Å². The van der Waals surface area contributed by atoms with Gasteiger partial charge in [0.1, 0.15) is 0 Å². The molecule has 0 aromatic carbocycles. The van der Waals surface area contributed by atoms with Crippen LogP contribution in [0.4, 0.5) is 18.0 Å². The Morgan fingerprint density at radius 2 is 2.07 bits per heavy atom. The van der Waals surface area contributed by atoms with Crippen LogP contribution in [0.1, 0.15) is 12.8 Å². The number of hydrogen-bond donors (Lipinski definition) is 2. The molecule has 0 radical (unpaired) electrons. The molecule has 2 N–H and O–H groups in total. The highest BCUT2D eigenvalue weighted by Crippen LogP contribution is 2.26. The number of hydrogen-bond acceptors (Lipinski definition) is 3. The summed E-state index contributed by atoms with van der Waals surface area (Å²) in [5.74, 6) is 0.137. The van der Waals surface area contributed by atoms with Gasteiger partial charge in [0.15, 0.2) is 6.61 Å². The van der Waals surface area contributed by atoms with Crippen molar-refractivity contribution in [3.63, 3.8) is 0 Å². The van der Waals surface area contributed by atoms with Gasteiger partial charge in [0.25, 0.3) is 0 Å². The molecule has 1 rings (SSSR count). The van der Waals surface area contributed by atoms with Crippen molar-refractivity contribution in [2.45, 2.75) is 25.1 Å². The van der Waals surface area contributed by atoms with Gasteiger partial charge in [0, 0.05) is 6.54 Å². The molecule has 0 aliphatic heterocycles. The number of nitrogens with one attached hydrogen (secondary N) is 1. The summed E-state index contributed by atoms with van der Waals surface area (Å²) in [6.45, 7) is -1.33. The zero-order valence-corrected chi connectivity index (χ0v) is 7.88. The van der Waals surface area contributed by atoms with Gasteiger partial charge in [0.2, 0.25) is 0 Å². The Morgan fingerprint density at radius 3 is 2.53 bits per heavy atom. The van der Waals surface area contributed by atoms with Crippen molar-refractivity contribution in [2.24, 2.45) is 5.92 Å². The van der Waals surface area contributed by atoms with Gasteiger partial charge in [-0.2, -0.15) is 13.2 Å². The molecule has 4 nitrogen and oxygen atoms in total. The molecule has 1 fully saturated rings. The topological polar surface area (TPSA) is 58.6 Å². The number of ether oxygens (including phenoxy) is 1. The molecule has 0 spiro atoms. The molecule has 1 aliphatic carbocycles. The molecule has 1 amide bonds. The van der Waals surface area contributed by atoms with Crippen molar-refractivity contribution in [2.75, 3.05) is 13.2 Å². The first-order chi connectivity index (χ1) is 6.87. The minimum Gasteiger partial charge on any atom is -0.440 e. The molecule has 0 aromatic heterocycles. The summed E-state index contributed by atoms with van der Waals surface area (Å²) < 4.78 is 38.7. The van der Waals surface area contributed by atoms with Crippen LogP contribution >= 0.6 is 0 Å². The van der Waals surface area contributed by atoms with E-state index in [1.54, 1.807) is 0 Å². The minimum absolute atomic E-state index is 0.137. The Bertz CT molecular complexity index is 226. The van der Waals surface area contributed by atoms with E-state index in [4.69, 9.17) is 5.11 Å². The third-order valence-corrected chi connectivity index (χ3v) is 2.11. The van der Waals surface area contributed by atoms with Crippen LogP contribution in [0.3, 0.4) is 0 Å². The molecule has 1 saturated carbocycles. The highest BCUT2D eigenvalue weighted by molar-refractivity contribution is 5.67. The van der Waals surface area contributed by atoms with Crippen molar-refractivity contribution in [3.05, 3.63) is 0 Å². The Kier molecular flexibility index (Phi) is 3.78. The van der Waals surface area contributed by atoms with Crippen LogP contribution in [-0.2, 0) is 4.74 Å². The standard InChI is InChI=1S/C8H12F3NO3/c9-8(10,11)4-15-7(14)12-3-5-1-6(13)2-5/h5-6,13H,1-4H2,(H,12,14). The summed E-state index contributed by atoms with van der Waals surface area (Å²) in [5, 5.41) is 11.1. The van der Waals surface area contributed by atoms with E-state index >= 15 is 0 Å². The number of alkyl carbamates (subject to hydrolysis) is 1. The largest absolute Gasteiger partial charge is 0.440 e. The van der Waals surface area contributed by atoms with Crippen molar-refractivity contribution >= 4 is 6.09 Å². The van der Waals surface area contributed by atoms with E-state index < -0.39 is 18.9 Å². The van der Waals surface area contributed by atoms with E-state index in [2.05, 4.69) is 10.1 Å². The van der Waals surface area contributed by atoms with Crippen molar-refractivity contribution < 1.29 is 27.8 Å². The molecular formula is C8H12F3NO3. The first-order valence-electron chi connectivity index (χ1n) is 4.52. The Labute approximate surface area is 84.4 Å².